The van der Waals surface area contributed by atoms with Gasteiger partial charge in [-0.1, -0.05) is 11.6 Å². The lowest BCUT2D eigenvalue weighted by atomic mass is 10.3. The molecular weight excluding hydrogens is 488 g/mol. The highest BCUT2D eigenvalue weighted by atomic mass is 35.5. The molecule has 4 aromatic heterocycles. The van der Waals surface area contributed by atoms with Gasteiger partial charge >= 0.3 is 6.03 Å². The average Bonchev–Trinajstić information content (AvgIpc) is 3.40. The van der Waals surface area contributed by atoms with Crippen molar-refractivity contribution in [3.8, 4) is 11.5 Å². The molecule has 0 unspecified atom stereocenters. The summed E-state index contributed by atoms with van der Waals surface area (Å²) in [6.07, 6.45) is 2.99. The number of urea groups is 1. The van der Waals surface area contributed by atoms with Crippen LogP contribution in [0.15, 0.2) is 30.6 Å². The Morgan fingerprint density at radius 2 is 1.97 bits per heavy atom. The molecule has 2 N–H and O–H groups in total. The smallest absolute Gasteiger partial charge is 0.322 e. The third-order valence-electron chi connectivity index (χ3n) is 5.64. The number of hydrogen-bond donors (Lipinski definition) is 2. The van der Waals surface area contributed by atoms with E-state index in [1.165, 1.54) is 17.3 Å². The number of ether oxygens (including phenoxy) is 1. The summed E-state index contributed by atoms with van der Waals surface area (Å²) in [5, 5.41) is 10.6. The van der Waals surface area contributed by atoms with Crippen LogP contribution in [0.25, 0.3) is 11.2 Å². The number of anilines is 3. The first-order chi connectivity index (χ1) is 17.2. The van der Waals surface area contributed by atoms with Crippen molar-refractivity contribution in [2.24, 2.45) is 7.05 Å². The number of rotatable bonds is 5. The second-order valence-electron chi connectivity index (χ2n) is 8.40. The topological polar surface area (TPSA) is 135 Å². The number of aryl methyl sites for hydroxylation is 1. The van der Waals surface area contributed by atoms with Crippen molar-refractivity contribution in [3.05, 3.63) is 41.3 Å². The molecule has 0 saturated carbocycles. The predicted molar refractivity (Wildman–Crippen MR) is 133 cm³/mol. The van der Waals surface area contributed by atoms with Gasteiger partial charge in [0.05, 0.1) is 12.7 Å². The molecule has 0 bridgehead atoms. The number of nitrogens with zero attached hydrogens (tertiary/aromatic N) is 8. The minimum atomic E-state index is -0.314. The van der Waals surface area contributed by atoms with Crippen LogP contribution >= 0.6 is 11.6 Å². The highest BCUT2D eigenvalue weighted by Crippen LogP contribution is 2.36. The van der Waals surface area contributed by atoms with E-state index in [1.807, 2.05) is 0 Å². The first kappa shape index (κ1) is 23.4. The summed E-state index contributed by atoms with van der Waals surface area (Å²) in [6, 6.07) is 4.60. The van der Waals surface area contributed by atoms with E-state index in [-0.39, 0.29) is 11.9 Å². The first-order valence-corrected chi connectivity index (χ1v) is 11.3. The summed E-state index contributed by atoms with van der Waals surface area (Å²) in [5.41, 5.74) is 1.47. The van der Waals surface area contributed by atoms with E-state index >= 15 is 0 Å². The Balaban J connectivity index is 1.40. The van der Waals surface area contributed by atoms with Gasteiger partial charge in [-0.3, -0.25) is 14.8 Å². The Morgan fingerprint density at radius 3 is 2.75 bits per heavy atom. The second kappa shape index (κ2) is 9.00. The number of imidazole rings is 1. The summed E-state index contributed by atoms with van der Waals surface area (Å²) in [6.45, 7) is 1.22. The number of aromatic nitrogens is 6. The number of hydrogen-bond acceptors (Lipinski definition) is 8. The van der Waals surface area contributed by atoms with Gasteiger partial charge in [-0.25, -0.2) is 14.8 Å². The minimum Gasteiger partial charge on any atom is -0.454 e. The van der Waals surface area contributed by atoms with E-state index < -0.39 is 0 Å². The molecule has 13 nitrogen and oxygen atoms in total. The van der Waals surface area contributed by atoms with E-state index in [0.717, 1.165) is 0 Å². The van der Waals surface area contributed by atoms with Crippen LogP contribution in [0.1, 0.15) is 10.5 Å². The van der Waals surface area contributed by atoms with E-state index in [9.17, 15) is 9.59 Å². The van der Waals surface area contributed by atoms with Crippen molar-refractivity contribution < 1.29 is 14.3 Å². The molecule has 0 radical (unpaired) electrons. The Bertz CT molecular complexity index is 1490. The van der Waals surface area contributed by atoms with Gasteiger partial charge in [0, 0.05) is 53.1 Å². The standard InChI is InChI=1S/C22H23ClN10O3/c1-30(2)22(35)27-15-9-12(5-6-24-15)36-14-11-25-19-18(17(14)23)32(4)21(28-19)26-16-10-13-20(34)31(3)7-8-33(13)29-16/h5-6,9-11H,7-8H2,1-4H3,(H,24,27,35)(H,25,26,28,29). The molecule has 0 spiro atoms. The molecule has 36 heavy (non-hydrogen) atoms. The molecule has 4 aromatic rings. The van der Waals surface area contributed by atoms with Gasteiger partial charge in [0.1, 0.15) is 27.8 Å². The fourth-order valence-electron chi connectivity index (χ4n) is 3.66. The number of halogens is 1. The van der Waals surface area contributed by atoms with Gasteiger partial charge in [0.25, 0.3) is 5.91 Å². The minimum absolute atomic E-state index is 0.0844. The van der Waals surface area contributed by atoms with Crippen LogP contribution in [0.4, 0.5) is 22.4 Å². The Kier molecular flexibility index (Phi) is 5.84. The number of carbonyl (C=O) groups is 2. The zero-order chi connectivity index (χ0) is 25.6. The number of nitrogens with one attached hydrogen (secondary N) is 2. The Morgan fingerprint density at radius 1 is 1.17 bits per heavy atom. The monoisotopic (exact) mass is 510 g/mol. The average molecular weight is 511 g/mol. The fourth-order valence-corrected chi connectivity index (χ4v) is 3.96. The molecule has 0 aromatic carbocycles. The number of likely N-dealkylation sites (N-methyl/N-ethyl adjacent to an activating group) is 1. The molecule has 0 aliphatic carbocycles. The number of pyridine rings is 2. The normalized spacial score (nSPS) is 13.0. The van der Waals surface area contributed by atoms with E-state index in [2.05, 4.69) is 30.7 Å². The molecule has 14 heteroatoms. The fraction of sp³-hybridized carbons (Fsp3) is 0.273. The summed E-state index contributed by atoms with van der Waals surface area (Å²) in [7, 11) is 6.81. The molecule has 1 aliphatic heterocycles. The van der Waals surface area contributed by atoms with Gasteiger partial charge in [0.15, 0.2) is 17.2 Å². The zero-order valence-electron chi connectivity index (χ0n) is 20.0. The largest absolute Gasteiger partial charge is 0.454 e. The maximum Gasteiger partial charge on any atom is 0.322 e. The van der Waals surface area contributed by atoms with Crippen molar-refractivity contribution >= 4 is 52.3 Å². The number of fused-ring (bicyclic) bond motifs is 2. The van der Waals surface area contributed by atoms with E-state index in [4.69, 9.17) is 16.3 Å². The highest BCUT2D eigenvalue weighted by Gasteiger charge is 2.24. The summed E-state index contributed by atoms with van der Waals surface area (Å²) < 4.78 is 9.35. The maximum atomic E-state index is 12.4. The maximum absolute atomic E-state index is 12.4. The molecule has 186 valence electrons. The number of amides is 3. The molecule has 5 rings (SSSR count). The van der Waals surface area contributed by atoms with Crippen LogP contribution in [0, 0.1) is 0 Å². The van der Waals surface area contributed by atoms with Gasteiger partial charge in [-0.05, 0) is 6.07 Å². The molecule has 3 amide bonds. The summed E-state index contributed by atoms with van der Waals surface area (Å²) in [5.74, 6) is 1.91. The molecule has 5 heterocycles. The lowest BCUT2D eigenvalue weighted by Crippen LogP contribution is -2.37. The van der Waals surface area contributed by atoms with Crippen LogP contribution < -0.4 is 15.4 Å². The number of carbonyl (C=O) groups excluding carboxylic acids is 2. The molecule has 0 saturated heterocycles. The highest BCUT2D eigenvalue weighted by molar-refractivity contribution is 6.36. The lowest BCUT2D eigenvalue weighted by molar-refractivity contribution is 0.0743. The predicted octanol–water partition coefficient (Wildman–Crippen LogP) is 2.93. The Labute approximate surface area is 210 Å². The third kappa shape index (κ3) is 4.24. The summed E-state index contributed by atoms with van der Waals surface area (Å²) >= 11 is 6.68. The molecular formula is C22H23ClN10O3. The lowest BCUT2D eigenvalue weighted by Gasteiger charge is -2.22. The van der Waals surface area contributed by atoms with Crippen molar-refractivity contribution in [3.63, 3.8) is 0 Å². The van der Waals surface area contributed by atoms with Crippen molar-refractivity contribution in [2.75, 3.05) is 38.3 Å². The second-order valence-corrected chi connectivity index (χ2v) is 8.77. The zero-order valence-corrected chi connectivity index (χ0v) is 20.7. The Hall–Kier alpha value is -4.39. The van der Waals surface area contributed by atoms with Crippen molar-refractivity contribution in [1.29, 1.82) is 0 Å². The first-order valence-electron chi connectivity index (χ1n) is 10.9. The molecule has 0 atom stereocenters. The van der Waals surface area contributed by atoms with Gasteiger partial charge < -0.3 is 24.4 Å². The van der Waals surface area contributed by atoms with Gasteiger partial charge in [-0.2, -0.15) is 10.1 Å². The third-order valence-corrected chi connectivity index (χ3v) is 6.00. The SMILES string of the molecule is CN(C)C(=O)Nc1cc(Oc2cnc3nc(Nc4cc5n(n4)CCN(C)C5=O)n(C)c3c2Cl)ccn1. The van der Waals surface area contributed by atoms with Crippen LogP contribution in [0.3, 0.4) is 0 Å². The van der Waals surface area contributed by atoms with Crippen molar-refractivity contribution in [2.45, 2.75) is 6.54 Å². The van der Waals surface area contributed by atoms with Crippen molar-refractivity contribution in [1.82, 2.24) is 39.1 Å². The van der Waals surface area contributed by atoms with Gasteiger partial charge in [0.2, 0.25) is 5.95 Å². The van der Waals surface area contributed by atoms with Crippen LogP contribution in [-0.2, 0) is 13.6 Å². The van der Waals surface area contributed by atoms with E-state index in [0.29, 0.717) is 64.1 Å². The summed E-state index contributed by atoms with van der Waals surface area (Å²) in [4.78, 5) is 40.4. The quantitative estimate of drug-likeness (QED) is 0.418. The van der Waals surface area contributed by atoms with Gasteiger partial charge in [-0.15, -0.1) is 0 Å². The van der Waals surface area contributed by atoms with Crippen LogP contribution in [0.2, 0.25) is 5.02 Å². The molecule has 1 aliphatic rings. The van der Waals surface area contributed by atoms with Crippen LogP contribution in [-0.4, -0.2) is 78.7 Å². The van der Waals surface area contributed by atoms with E-state index in [1.54, 1.807) is 60.5 Å². The van der Waals surface area contributed by atoms with Crippen LogP contribution in [0.5, 0.6) is 11.5 Å². The molecule has 0 fully saturated rings.